The van der Waals surface area contributed by atoms with Crippen LogP contribution in [-0.2, 0) is 17.8 Å². The molecule has 6 heteroatoms. The molecule has 0 saturated carbocycles. The van der Waals surface area contributed by atoms with Crippen LogP contribution in [0.4, 0.5) is 5.69 Å². The van der Waals surface area contributed by atoms with Crippen LogP contribution in [0.3, 0.4) is 0 Å². The van der Waals surface area contributed by atoms with Crippen LogP contribution < -0.4 is 10.1 Å². The van der Waals surface area contributed by atoms with Crippen LogP contribution in [0.1, 0.15) is 37.8 Å². The fourth-order valence-electron chi connectivity index (χ4n) is 2.44. The monoisotopic (exact) mass is 395 g/mol. The highest BCUT2D eigenvalue weighted by Crippen LogP contribution is 2.35. The quantitative estimate of drug-likeness (QED) is 0.563. The lowest BCUT2D eigenvalue weighted by molar-refractivity contribution is -0.136. The summed E-state index contributed by atoms with van der Waals surface area (Å²) in [6.07, 6.45) is 1.45. The van der Waals surface area contributed by atoms with Crippen LogP contribution in [0.2, 0.25) is 10.0 Å². The summed E-state index contributed by atoms with van der Waals surface area (Å²) in [7, 11) is 0. The van der Waals surface area contributed by atoms with E-state index in [0.29, 0.717) is 34.9 Å². The predicted molar refractivity (Wildman–Crippen MR) is 107 cm³/mol. The fourth-order valence-corrected chi connectivity index (χ4v) is 3.08. The van der Waals surface area contributed by atoms with Gasteiger partial charge in [-0.1, -0.05) is 42.3 Å². The minimum absolute atomic E-state index is 0.0306. The van der Waals surface area contributed by atoms with Crippen LogP contribution in [0.25, 0.3) is 0 Å². The number of halogens is 2. The van der Waals surface area contributed by atoms with Gasteiger partial charge in [0.05, 0.1) is 10.0 Å². The van der Waals surface area contributed by atoms with Gasteiger partial charge >= 0.3 is 5.97 Å². The van der Waals surface area contributed by atoms with Crippen LogP contribution in [0.15, 0.2) is 36.4 Å². The van der Waals surface area contributed by atoms with Gasteiger partial charge in [-0.3, -0.25) is 4.79 Å². The largest absolute Gasteiger partial charge is 0.486 e. The van der Waals surface area contributed by atoms with E-state index in [4.69, 9.17) is 33.0 Å². The van der Waals surface area contributed by atoms with Crippen LogP contribution in [-0.4, -0.2) is 17.1 Å². The van der Waals surface area contributed by atoms with Gasteiger partial charge in [0.2, 0.25) is 0 Å². The molecule has 140 valence electrons. The van der Waals surface area contributed by atoms with E-state index >= 15 is 0 Å². The number of hydrogen-bond acceptors (Lipinski definition) is 3. The number of carboxylic acid groups (broad SMARTS) is 1. The minimum Gasteiger partial charge on any atom is -0.486 e. The van der Waals surface area contributed by atoms with E-state index in [1.807, 2.05) is 24.3 Å². The highest BCUT2D eigenvalue weighted by Gasteiger charge is 2.11. The number of nitrogens with one attached hydrogen (secondary N) is 1. The van der Waals surface area contributed by atoms with E-state index < -0.39 is 5.97 Å². The Morgan fingerprint density at radius 1 is 1.19 bits per heavy atom. The number of aliphatic carboxylic acids is 1. The molecule has 0 aliphatic carbocycles. The smallest absolute Gasteiger partial charge is 0.303 e. The zero-order chi connectivity index (χ0) is 19.1. The average molecular weight is 396 g/mol. The lowest BCUT2D eigenvalue weighted by Gasteiger charge is -2.15. The molecule has 0 radical (unpaired) electrons. The number of aryl methyl sites for hydroxylation is 1. The third kappa shape index (κ3) is 6.11. The van der Waals surface area contributed by atoms with Crippen molar-refractivity contribution in [3.63, 3.8) is 0 Å². The molecule has 1 atom stereocenters. The lowest BCUT2D eigenvalue weighted by Crippen LogP contribution is -2.13. The van der Waals surface area contributed by atoms with E-state index in [-0.39, 0.29) is 6.42 Å². The number of ether oxygens (including phenoxy) is 1. The SMILES string of the molecule is CCC(C)Nc1cccc(COc2c(Cl)cc(CCC(=O)O)cc2Cl)c1. The van der Waals surface area contributed by atoms with E-state index in [0.717, 1.165) is 23.2 Å². The third-order valence-electron chi connectivity index (χ3n) is 4.02. The second kappa shape index (κ2) is 9.70. The predicted octanol–water partition coefficient (Wildman–Crippen LogP) is 5.80. The molecule has 0 fully saturated rings. The Hall–Kier alpha value is -1.91. The maximum Gasteiger partial charge on any atom is 0.303 e. The van der Waals surface area contributed by atoms with Crippen LogP contribution in [0, 0.1) is 0 Å². The molecule has 0 aromatic heterocycles. The summed E-state index contributed by atoms with van der Waals surface area (Å²) in [5, 5.41) is 13.0. The van der Waals surface area contributed by atoms with Gasteiger partial charge in [-0.05, 0) is 55.2 Å². The summed E-state index contributed by atoms with van der Waals surface area (Å²) in [4.78, 5) is 10.7. The Kier molecular flexibility index (Phi) is 7.61. The normalized spacial score (nSPS) is 11.8. The molecule has 1 unspecified atom stereocenters. The van der Waals surface area contributed by atoms with E-state index in [2.05, 4.69) is 19.2 Å². The van der Waals surface area contributed by atoms with Gasteiger partial charge in [-0.15, -0.1) is 0 Å². The first kappa shape index (κ1) is 20.4. The molecule has 0 bridgehead atoms. The average Bonchev–Trinajstić information content (AvgIpc) is 2.59. The Labute approximate surface area is 164 Å². The molecule has 0 amide bonds. The van der Waals surface area contributed by atoms with Gasteiger partial charge in [0.15, 0.2) is 5.75 Å². The number of benzene rings is 2. The molecule has 0 saturated heterocycles. The molecular weight excluding hydrogens is 373 g/mol. The van der Waals surface area contributed by atoms with Crippen molar-refractivity contribution < 1.29 is 14.6 Å². The molecule has 0 heterocycles. The fraction of sp³-hybridized carbons (Fsp3) is 0.350. The lowest BCUT2D eigenvalue weighted by atomic mass is 10.1. The van der Waals surface area contributed by atoms with Crippen molar-refractivity contribution in [3.8, 4) is 5.75 Å². The number of carbonyl (C=O) groups is 1. The second-order valence-corrected chi connectivity index (χ2v) is 7.04. The van der Waals surface area contributed by atoms with Gasteiger partial charge < -0.3 is 15.2 Å². The van der Waals surface area contributed by atoms with Gasteiger partial charge in [-0.25, -0.2) is 0 Å². The van der Waals surface area contributed by atoms with Crippen molar-refractivity contribution in [2.24, 2.45) is 0 Å². The van der Waals surface area contributed by atoms with E-state index in [1.54, 1.807) is 12.1 Å². The number of rotatable bonds is 9. The molecule has 0 aliphatic rings. The summed E-state index contributed by atoms with van der Waals surface area (Å²) >= 11 is 12.5. The maximum atomic E-state index is 10.7. The topological polar surface area (TPSA) is 58.6 Å². The van der Waals surface area contributed by atoms with Crippen molar-refractivity contribution in [1.82, 2.24) is 0 Å². The second-order valence-electron chi connectivity index (χ2n) is 6.23. The van der Waals surface area contributed by atoms with Crippen LogP contribution >= 0.6 is 23.2 Å². The number of hydrogen-bond donors (Lipinski definition) is 2. The molecule has 2 rings (SSSR count). The molecule has 2 aromatic carbocycles. The van der Waals surface area contributed by atoms with Gasteiger partial charge in [0.25, 0.3) is 0 Å². The van der Waals surface area contributed by atoms with Crippen molar-refractivity contribution in [2.45, 2.75) is 45.8 Å². The van der Waals surface area contributed by atoms with Crippen LogP contribution in [0.5, 0.6) is 5.75 Å². The maximum absolute atomic E-state index is 10.7. The summed E-state index contributed by atoms with van der Waals surface area (Å²) in [6, 6.07) is 11.8. The molecule has 0 spiro atoms. The Balaban J connectivity index is 2.05. The van der Waals surface area contributed by atoms with Gasteiger partial charge in [0.1, 0.15) is 6.61 Å². The van der Waals surface area contributed by atoms with Crippen molar-refractivity contribution in [3.05, 3.63) is 57.6 Å². The first-order valence-electron chi connectivity index (χ1n) is 8.57. The molecule has 4 nitrogen and oxygen atoms in total. The Morgan fingerprint density at radius 3 is 2.50 bits per heavy atom. The molecular formula is C20H23Cl2NO3. The third-order valence-corrected chi connectivity index (χ3v) is 4.58. The first-order valence-corrected chi connectivity index (χ1v) is 9.32. The van der Waals surface area contributed by atoms with E-state index in [9.17, 15) is 4.79 Å². The molecule has 2 N–H and O–H groups in total. The Morgan fingerprint density at radius 2 is 1.88 bits per heavy atom. The summed E-state index contributed by atoms with van der Waals surface area (Å²) in [5.74, 6) is -0.448. The molecule has 26 heavy (non-hydrogen) atoms. The summed E-state index contributed by atoms with van der Waals surface area (Å²) < 4.78 is 5.81. The Bertz CT molecular complexity index is 741. The zero-order valence-electron chi connectivity index (χ0n) is 14.9. The van der Waals surface area contributed by atoms with Gasteiger partial charge in [0, 0.05) is 18.2 Å². The van der Waals surface area contributed by atoms with Crippen molar-refractivity contribution in [1.29, 1.82) is 0 Å². The van der Waals surface area contributed by atoms with Gasteiger partial charge in [-0.2, -0.15) is 0 Å². The van der Waals surface area contributed by atoms with Crippen molar-refractivity contribution in [2.75, 3.05) is 5.32 Å². The standard InChI is InChI=1S/C20H23Cl2NO3/c1-3-13(2)23-16-6-4-5-15(9-16)12-26-20-17(21)10-14(11-18(20)22)7-8-19(24)25/h4-6,9-11,13,23H,3,7-8,12H2,1-2H3,(H,24,25). The zero-order valence-corrected chi connectivity index (χ0v) is 16.4. The molecule has 2 aromatic rings. The highest BCUT2D eigenvalue weighted by molar-refractivity contribution is 6.37. The number of carboxylic acids is 1. The minimum atomic E-state index is -0.858. The van der Waals surface area contributed by atoms with E-state index in [1.165, 1.54) is 0 Å². The first-order chi connectivity index (χ1) is 12.4. The summed E-state index contributed by atoms with van der Waals surface area (Å²) in [5.41, 5.74) is 2.82. The number of anilines is 1. The van der Waals surface area contributed by atoms with Crippen molar-refractivity contribution >= 4 is 34.9 Å². The summed E-state index contributed by atoms with van der Waals surface area (Å²) in [6.45, 7) is 4.60. The highest BCUT2D eigenvalue weighted by atomic mass is 35.5. The molecule has 0 aliphatic heterocycles.